The average Bonchev–Trinajstić information content (AvgIpc) is 3.56. The van der Waals surface area contributed by atoms with Crippen molar-refractivity contribution in [2.24, 2.45) is 0 Å². The van der Waals surface area contributed by atoms with Crippen LogP contribution in [0.3, 0.4) is 0 Å². The van der Waals surface area contributed by atoms with E-state index in [1.807, 2.05) is 42.5 Å². The van der Waals surface area contributed by atoms with Crippen LogP contribution in [0.15, 0.2) is 121 Å². The van der Waals surface area contributed by atoms with Crippen molar-refractivity contribution in [3.63, 3.8) is 0 Å². The molecule has 37 heavy (non-hydrogen) atoms. The fraction of sp³-hybridized carbons (Fsp3) is 0. The van der Waals surface area contributed by atoms with E-state index in [9.17, 15) is 0 Å². The average molecular weight is 656 g/mol. The van der Waals surface area contributed by atoms with E-state index in [0.29, 0.717) is 0 Å². The zero-order valence-electron chi connectivity index (χ0n) is 19.7. The number of benzene rings is 5. The van der Waals surface area contributed by atoms with Gasteiger partial charge in [0, 0.05) is 5.69 Å². The summed E-state index contributed by atoms with van der Waals surface area (Å²) < 4.78 is 2.21. The maximum atomic E-state index is 5.17. The summed E-state index contributed by atoms with van der Waals surface area (Å²) in [4.78, 5) is 9.99. The third kappa shape index (κ3) is 4.13. The minimum Gasteiger partial charge on any atom is -0.692 e. The molecule has 3 nitrogen and oxygen atoms in total. The van der Waals surface area contributed by atoms with Gasteiger partial charge in [0.25, 0.3) is 0 Å². The Morgan fingerprint density at radius 3 is 2.27 bits per heavy atom. The molecular formula is C33H20AuN3. The summed E-state index contributed by atoms with van der Waals surface area (Å²) in [5.41, 5.74) is 8.93. The fourth-order valence-corrected chi connectivity index (χ4v) is 4.80. The molecule has 178 valence electrons. The Morgan fingerprint density at radius 2 is 1.43 bits per heavy atom. The maximum Gasteiger partial charge on any atom is 3.00 e. The number of nitrogens with zero attached hydrogens (tertiary/aromatic N) is 3. The van der Waals surface area contributed by atoms with Gasteiger partial charge < -0.3 is 9.55 Å². The molecule has 0 aliphatic rings. The van der Waals surface area contributed by atoms with Crippen LogP contribution in [0.5, 0.6) is 0 Å². The van der Waals surface area contributed by atoms with Crippen LogP contribution in [0, 0.1) is 12.1 Å². The molecule has 0 radical (unpaired) electrons. The van der Waals surface area contributed by atoms with Gasteiger partial charge in [0.05, 0.1) is 16.9 Å². The Morgan fingerprint density at radius 1 is 0.676 bits per heavy atom. The van der Waals surface area contributed by atoms with E-state index in [1.54, 1.807) is 0 Å². The van der Waals surface area contributed by atoms with Gasteiger partial charge in [-0.1, -0.05) is 60.2 Å². The second kappa shape index (κ2) is 9.72. The van der Waals surface area contributed by atoms with Crippen LogP contribution >= 0.6 is 0 Å². The minimum absolute atomic E-state index is 0. The number of hydrogen-bond donors (Lipinski definition) is 0. The van der Waals surface area contributed by atoms with Crippen LogP contribution in [0.4, 0.5) is 0 Å². The van der Waals surface area contributed by atoms with Crippen molar-refractivity contribution in [1.29, 1.82) is 0 Å². The molecule has 0 aliphatic heterocycles. The van der Waals surface area contributed by atoms with Crippen molar-refractivity contribution in [1.82, 2.24) is 14.5 Å². The summed E-state index contributed by atoms with van der Waals surface area (Å²) in [6.45, 7) is 0. The molecule has 2 aromatic heterocycles. The van der Waals surface area contributed by atoms with Gasteiger partial charge in [0.1, 0.15) is 0 Å². The molecule has 0 atom stereocenters. The Labute approximate surface area is 231 Å². The van der Waals surface area contributed by atoms with Gasteiger partial charge in [-0.05, 0) is 23.6 Å². The van der Waals surface area contributed by atoms with E-state index in [4.69, 9.17) is 9.97 Å². The summed E-state index contributed by atoms with van der Waals surface area (Å²) in [7, 11) is 0. The van der Waals surface area contributed by atoms with Crippen molar-refractivity contribution in [2.75, 3.05) is 0 Å². The molecule has 2 heterocycles. The van der Waals surface area contributed by atoms with Crippen molar-refractivity contribution in [3.8, 4) is 39.5 Å². The Bertz CT molecular complexity index is 1800. The molecule has 0 saturated heterocycles. The van der Waals surface area contributed by atoms with Crippen molar-refractivity contribution in [2.45, 2.75) is 0 Å². The molecule has 0 aliphatic carbocycles. The van der Waals surface area contributed by atoms with Crippen molar-refractivity contribution in [3.05, 3.63) is 133 Å². The molecular weight excluding hydrogens is 635 g/mol. The molecule has 0 unspecified atom stereocenters. The number of aromatic nitrogens is 3. The van der Waals surface area contributed by atoms with E-state index in [1.165, 1.54) is 0 Å². The van der Waals surface area contributed by atoms with Crippen LogP contribution in [-0.4, -0.2) is 9.55 Å². The quantitative estimate of drug-likeness (QED) is 0.144. The molecule has 7 aromatic rings. The number of imidazole rings is 1. The van der Waals surface area contributed by atoms with Crippen molar-refractivity contribution >= 4 is 21.9 Å². The SMILES string of the molecule is [Au+3].[c-]1c(-c2cc3ccccc3[n-]2)cccc1-c1cccc2c1nc(-c1[c-]cccc1)n2-c1ccccc1. The summed E-state index contributed by atoms with van der Waals surface area (Å²) in [6, 6.07) is 48.2. The standard InChI is InChI=1S/C33H20N3.Au/c1-3-11-23(12-4-1)33-35-32-28(18-10-20-31(32)36(33)27-16-5-2-6-17-27)24-14-9-15-25(21-24)30-22-26-13-7-8-19-29(26)34-30;/h1-11,13-20,22H;/q-3;+3. The first kappa shape index (κ1) is 23.3. The smallest absolute Gasteiger partial charge is 0.692 e. The molecule has 0 bridgehead atoms. The largest absolute Gasteiger partial charge is 3.00 e. The third-order valence-electron chi connectivity index (χ3n) is 6.48. The normalized spacial score (nSPS) is 11.0. The summed E-state index contributed by atoms with van der Waals surface area (Å²) >= 11 is 0. The first-order chi connectivity index (χ1) is 17.8. The van der Waals surface area contributed by atoms with Gasteiger partial charge in [-0.15, -0.1) is 82.9 Å². The van der Waals surface area contributed by atoms with E-state index in [2.05, 4.69) is 95.6 Å². The zero-order chi connectivity index (χ0) is 23.9. The van der Waals surface area contributed by atoms with Crippen molar-refractivity contribution < 1.29 is 22.4 Å². The number of para-hydroxylation sites is 3. The van der Waals surface area contributed by atoms with Crippen LogP contribution in [0.1, 0.15) is 0 Å². The summed E-state index contributed by atoms with van der Waals surface area (Å²) in [6.07, 6.45) is 0. The van der Waals surface area contributed by atoms with Crippen LogP contribution in [0.2, 0.25) is 0 Å². The molecule has 0 spiro atoms. The number of hydrogen-bond acceptors (Lipinski definition) is 1. The Kier molecular flexibility index (Phi) is 6.11. The monoisotopic (exact) mass is 655 g/mol. The van der Waals surface area contributed by atoms with E-state index >= 15 is 0 Å². The second-order valence-corrected chi connectivity index (χ2v) is 8.73. The molecule has 0 saturated carbocycles. The summed E-state index contributed by atoms with van der Waals surface area (Å²) in [5, 5.41) is 1.14. The van der Waals surface area contributed by atoms with Gasteiger partial charge in [-0.2, -0.15) is 5.69 Å². The predicted octanol–water partition coefficient (Wildman–Crippen LogP) is 7.73. The summed E-state index contributed by atoms with van der Waals surface area (Å²) in [5.74, 6) is 0.865. The van der Waals surface area contributed by atoms with Crippen LogP contribution in [0.25, 0.3) is 61.4 Å². The van der Waals surface area contributed by atoms with E-state index in [0.717, 1.165) is 61.4 Å². The molecule has 0 N–H and O–H groups in total. The van der Waals surface area contributed by atoms with Gasteiger partial charge in [-0.3, -0.25) is 4.98 Å². The molecule has 0 fully saturated rings. The Hall–Kier alpha value is -4.15. The predicted molar refractivity (Wildman–Crippen MR) is 146 cm³/mol. The maximum absolute atomic E-state index is 5.17. The Balaban J connectivity index is 0.00000252. The topological polar surface area (TPSA) is 31.9 Å². The number of rotatable bonds is 4. The molecule has 7 rings (SSSR count). The number of fused-ring (bicyclic) bond motifs is 2. The van der Waals surface area contributed by atoms with E-state index < -0.39 is 0 Å². The first-order valence-corrected chi connectivity index (χ1v) is 11.9. The van der Waals surface area contributed by atoms with Gasteiger partial charge in [-0.25, -0.2) is 0 Å². The minimum atomic E-state index is 0. The fourth-order valence-electron chi connectivity index (χ4n) is 4.80. The van der Waals surface area contributed by atoms with Gasteiger partial charge in [0.15, 0.2) is 0 Å². The van der Waals surface area contributed by atoms with Crippen LogP contribution in [-0.2, 0) is 22.4 Å². The molecule has 4 heteroatoms. The first-order valence-electron chi connectivity index (χ1n) is 11.9. The molecule has 5 aromatic carbocycles. The van der Waals surface area contributed by atoms with Gasteiger partial charge >= 0.3 is 22.4 Å². The third-order valence-corrected chi connectivity index (χ3v) is 6.48. The van der Waals surface area contributed by atoms with E-state index in [-0.39, 0.29) is 22.4 Å². The molecule has 0 amide bonds. The van der Waals surface area contributed by atoms with Crippen LogP contribution < -0.4 is 4.98 Å². The second-order valence-electron chi connectivity index (χ2n) is 8.73. The van der Waals surface area contributed by atoms with Gasteiger partial charge in [0.2, 0.25) is 0 Å². The zero-order valence-corrected chi connectivity index (χ0v) is 21.9.